The van der Waals surface area contributed by atoms with Crippen molar-refractivity contribution >= 4 is 17.3 Å². The third-order valence-electron chi connectivity index (χ3n) is 4.71. The summed E-state index contributed by atoms with van der Waals surface area (Å²) in [4.78, 5) is 16.5. The normalized spacial score (nSPS) is 20.2. The molecule has 0 saturated carbocycles. The van der Waals surface area contributed by atoms with Crippen LogP contribution in [0.4, 0.5) is 15.8 Å². The lowest BCUT2D eigenvalue weighted by Crippen LogP contribution is -2.57. The first-order valence-electron chi connectivity index (χ1n) is 8.26. The van der Waals surface area contributed by atoms with Crippen LogP contribution in [0.25, 0.3) is 0 Å². The van der Waals surface area contributed by atoms with Crippen LogP contribution in [0.2, 0.25) is 0 Å². The first kappa shape index (κ1) is 16.5. The third-order valence-corrected chi connectivity index (χ3v) is 4.71. The Morgan fingerprint density at radius 2 is 1.58 bits per heavy atom. The summed E-state index contributed by atoms with van der Waals surface area (Å²) in [5.74, 6) is 0.0327. The van der Waals surface area contributed by atoms with Gasteiger partial charge in [0, 0.05) is 25.5 Å². The highest BCUT2D eigenvalue weighted by molar-refractivity contribution is 6.03. The molecule has 0 radical (unpaired) electrons. The molecule has 3 nitrogen and oxygen atoms in total. The lowest BCUT2D eigenvalue weighted by atomic mass is 9.75. The van der Waals surface area contributed by atoms with Gasteiger partial charge in [0.2, 0.25) is 5.91 Å². The van der Waals surface area contributed by atoms with E-state index < -0.39 is 0 Å². The molecule has 3 rings (SSSR count). The standard InChI is InChI=1S/C20H23FN2O/c1-13(2)18-19(14-5-9-16(10-6-14)22(3)4)23(20(18)24)17-11-7-15(21)8-12-17/h5-13,18-19H,1-4H3/t18-,19-/m0/s1. The number of halogens is 1. The van der Waals surface area contributed by atoms with Gasteiger partial charge in [-0.25, -0.2) is 4.39 Å². The largest absolute Gasteiger partial charge is 0.378 e. The highest BCUT2D eigenvalue weighted by Crippen LogP contribution is 2.46. The number of β-lactam (4-membered cyclic amide) rings is 1. The smallest absolute Gasteiger partial charge is 0.233 e. The van der Waals surface area contributed by atoms with Crippen molar-refractivity contribution in [3.63, 3.8) is 0 Å². The molecular weight excluding hydrogens is 303 g/mol. The molecule has 0 N–H and O–H groups in total. The maximum atomic E-state index is 13.2. The van der Waals surface area contributed by atoms with Crippen LogP contribution < -0.4 is 9.80 Å². The van der Waals surface area contributed by atoms with E-state index in [-0.39, 0.29) is 29.6 Å². The van der Waals surface area contributed by atoms with E-state index in [2.05, 4.69) is 38.1 Å². The van der Waals surface area contributed by atoms with Crippen molar-refractivity contribution < 1.29 is 9.18 Å². The van der Waals surface area contributed by atoms with Gasteiger partial charge in [0.15, 0.2) is 0 Å². The van der Waals surface area contributed by atoms with Crippen LogP contribution in [0, 0.1) is 17.7 Å². The first-order chi connectivity index (χ1) is 11.4. The van der Waals surface area contributed by atoms with Crippen LogP contribution in [0.5, 0.6) is 0 Å². The molecule has 1 saturated heterocycles. The van der Waals surface area contributed by atoms with Crippen LogP contribution in [0.15, 0.2) is 48.5 Å². The second-order valence-corrected chi connectivity index (χ2v) is 6.89. The monoisotopic (exact) mass is 326 g/mol. The summed E-state index contributed by atoms with van der Waals surface area (Å²) >= 11 is 0. The van der Waals surface area contributed by atoms with E-state index in [1.165, 1.54) is 12.1 Å². The van der Waals surface area contributed by atoms with Crippen molar-refractivity contribution in [2.45, 2.75) is 19.9 Å². The minimum absolute atomic E-state index is 0.000765. The average Bonchev–Trinajstić information content (AvgIpc) is 2.54. The molecule has 2 aromatic rings. The molecule has 1 amide bonds. The van der Waals surface area contributed by atoms with Crippen molar-refractivity contribution in [3.05, 3.63) is 59.9 Å². The van der Waals surface area contributed by atoms with Crippen molar-refractivity contribution in [3.8, 4) is 0 Å². The Balaban J connectivity index is 1.96. The number of anilines is 2. The van der Waals surface area contributed by atoms with E-state index in [1.807, 2.05) is 19.0 Å². The van der Waals surface area contributed by atoms with Crippen molar-refractivity contribution in [2.24, 2.45) is 11.8 Å². The zero-order valence-corrected chi connectivity index (χ0v) is 14.5. The van der Waals surface area contributed by atoms with Crippen LogP contribution >= 0.6 is 0 Å². The van der Waals surface area contributed by atoms with Gasteiger partial charge in [0.25, 0.3) is 0 Å². The Morgan fingerprint density at radius 3 is 2.08 bits per heavy atom. The molecule has 1 aliphatic heterocycles. The molecule has 0 bridgehead atoms. The van der Waals surface area contributed by atoms with Gasteiger partial charge in [-0.05, 0) is 47.9 Å². The predicted octanol–water partition coefficient (Wildman–Crippen LogP) is 4.25. The van der Waals surface area contributed by atoms with Crippen LogP contribution in [-0.4, -0.2) is 20.0 Å². The molecule has 126 valence electrons. The Hall–Kier alpha value is -2.36. The number of benzene rings is 2. The summed E-state index contributed by atoms with van der Waals surface area (Å²) in [6.45, 7) is 4.15. The van der Waals surface area contributed by atoms with Crippen LogP contribution in [0.1, 0.15) is 25.5 Å². The van der Waals surface area contributed by atoms with E-state index in [9.17, 15) is 9.18 Å². The van der Waals surface area contributed by atoms with E-state index in [0.29, 0.717) is 0 Å². The quantitative estimate of drug-likeness (QED) is 0.784. The first-order valence-corrected chi connectivity index (χ1v) is 8.26. The molecule has 0 aliphatic carbocycles. The second kappa shape index (κ2) is 6.27. The van der Waals surface area contributed by atoms with Gasteiger partial charge in [-0.2, -0.15) is 0 Å². The van der Waals surface area contributed by atoms with E-state index in [0.717, 1.165) is 16.9 Å². The number of carbonyl (C=O) groups excluding carboxylic acids is 1. The summed E-state index contributed by atoms with van der Waals surface area (Å²) < 4.78 is 13.2. The maximum Gasteiger partial charge on any atom is 0.233 e. The van der Waals surface area contributed by atoms with Crippen LogP contribution in [-0.2, 0) is 4.79 Å². The molecule has 0 unspecified atom stereocenters. The van der Waals surface area contributed by atoms with E-state index >= 15 is 0 Å². The fraction of sp³-hybridized carbons (Fsp3) is 0.350. The second-order valence-electron chi connectivity index (χ2n) is 6.89. The van der Waals surface area contributed by atoms with Crippen molar-refractivity contribution in [1.29, 1.82) is 0 Å². The number of hydrogen-bond donors (Lipinski definition) is 0. The Morgan fingerprint density at radius 1 is 1.00 bits per heavy atom. The van der Waals surface area contributed by atoms with Gasteiger partial charge in [-0.1, -0.05) is 26.0 Å². The predicted molar refractivity (Wildman–Crippen MR) is 95.7 cm³/mol. The van der Waals surface area contributed by atoms with Gasteiger partial charge >= 0.3 is 0 Å². The summed E-state index contributed by atoms with van der Waals surface area (Å²) in [7, 11) is 4.01. The molecule has 1 aliphatic rings. The summed E-state index contributed by atoms with van der Waals surface area (Å²) in [5.41, 5.74) is 2.99. The topological polar surface area (TPSA) is 23.6 Å². The Bertz CT molecular complexity index is 722. The number of amides is 1. The van der Waals surface area contributed by atoms with Crippen molar-refractivity contribution in [2.75, 3.05) is 23.9 Å². The Kier molecular flexibility index (Phi) is 4.31. The van der Waals surface area contributed by atoms with Gasteiger partial charge in [0.1, 0.15) is 5.82 Å². The third kappa shape index (κ3) is 2.77. The highest BCUT2D eigenvalue weighted by atomic mass is 19.1. The Labute approximate surface area is 142 Å². The summed E-state index contributed by atoms with van der Waals surface area (Å²) in [5, 5.41) is 0. The fourth-order valence-electron chi connectivity index (χ4n) is 3.38. The van der Waals surface area contributed by atoms with Gasteiger partial charge in [-0.15, -0.1) is 0 Å². The lowest BCUT2D eigenvalue weighted by Gasteiger charge is -2.49. The molecule has 2 aromatic carbocycles. The molecular formula is C20H23FN2O. The zero-order chi connectivity index (χ0) is 17.4. The molecule has 0 aromatic heterocycles. The van der Waals surface area contributed by atoms with E-state index in [4.69, 9.17) is 0 Å². The maximum absolute atomic E-state index is 13.2. The number of hydrogen-bond acceptors (Lipinski definition) is 2. The number of carbonyl (C=O) groups is 1. The SMILES string of the molecule is CC(C)[C@@H]1C(=O)N(c2ccc(F)cc2)[C@H]1c1ccc(N(C)C)cc1. The highest BCUT2D eigenvalue weighted by Gasteiger charge is 2.50. The minimum atomic E-state index is -0.293. The molecule has 1 heterocycles. The fourth-order valence-corrected chi connectivity index (χ4v) is 3.38. The van der Waals surface area contributed by atoms with Gasteiger partial charge < -0.3 is 9.80 Å². The minimum Gasteiger partial charge on any atom is -0.378 e. The molecule has 24 heavy (non-hydrogen) atoms. The van der Waals surface area contributed by atoms with Gasteiger partial charge in [-0.3, -0.25) is 4.79 Å². The lowest BCUT2D eigenvalue weighted by molar-refractivity contribution is -0.132. The molecule has 1 fully saturated rings. The average molecular weight is 326 g/mol. The van der Waals surface area contributed by atoms with Crippen molar-refractivity contribution in [1.82, 2.24) is 0 Å². The molecule has 0 spiro atoms. The molecule has 2 atom stereocenters. The number of nitrogens with zero attached hydrogens (tertiary/aromatic N) is 2. The van der Waals surface area contributed by atoms with Gasteiger partial charge in [0.05, 0.1) is 12.0 Å². The zero-order valence-electron chi connectivity index (χ0n) is 14.5. The summed E-state index contributed by atoms with van der Waals surface area (Å²) in [6, 6.07) is 14.4. The van der Waals surface area contributed by atoms with Crippen LogP contribution in [0.3, 0.4) is 0 Å². The summed E-state index contributed by atoms with van der Waals surface area (Å²) in [6.07, 6.45) is 0. The molecule has 4 heteroatoms. The van der Waals surface area contributed by atoms with E-state index in [1.54, 1.807) is 17.0 Å². The number of rotatable bonds is 4.